The maximum atomic E-state index is 5.60. The third-order valence-corrected chi connectivity index (χ3v) is 2.31. The number of nitrogens with two attached hydrogens (primary N) is 1. The molecule has 0 saturated heterocycles. The lowest BCUT2D eigenvalue weighted by Crippen LogP contribution is -2.06. The van der Waals surface area contributed by atoms with E-state index in [1.165, 1.54) is 11.0 Å². The number of nitrogens with zero attached hydrogens (tertiary/aromatic N) is 3. The van der Waals surface area contributed by atoms with E-state index < -0.39 is 0 Å². The van der Waals surface area contributed by atoms with Crippen molar-refractivity contribution >= 4 is 33.6 Å². The second kappa shape index (κ2) is 2.33. The first kappa shape index (κ1) is 6.84. The number of fused-ring (bicyclic) bond motifs is 1. The molecule has 0 atom stereocenters. The molecule has 0 radical (unpaired) electrons. The van der Waals surface area contributed by atoms with E-state index in [4.69, 9.17) is 5.84 Å². The van der Waals surface area contributed by atoms with Crippen molar-refractivity contribution in [1.82, 2.24) is 14.6 Å². The molecular formula is C6H5IN4. The molecule has 2 aromatic heterocycles. The summed E-state index contributed by atoms with van der Waals surface area (Å²) in [5.41, 5.74) is 0.768. The SMILES string of the molecule is Nn1cc(I)c2cncnc21. The molecule has 0 aliphatic rings. The van der Waals surface area contributed by atoms with Crippen LogP contribution in [0.3, 0.4) is 0 Å². The maximum absolute atomic E-state index is 5.60. The Morgan fingerprint density at radius 3 is 3.09 bits per heavy atom. The van der Waals surface area contributed by atoms with Gasteiger partial charge in [0.25, 0.3) is 0 Å². The average Bonchev–Trinajstić information content (AvgIpc) is 2.30. The molecule has 0 spiro atoms. The zero-order valence-corrected chi connectivity index (χ0v) is 7.69. The summed E-state index contributed by atoms with van der Waals surface area (Å²) in [6.07, 6.45) is 5.06. The molecule has 0 fully saturated rings. The Labute approximate surface area is 76.5 Å². The van der Waals surface area contributed by atoms with E-state index in [1.807, 2.05) is 6.20 Å². The standard InChI is InChI=1S/C6H5IN4/c7-5-2-11(8)6-4(5)1-9-3-10-6/h1-3H,8H2. The van der Waals surface area contributed by atoms with Gasteiger partial charge in [-0.1, -0.05) is 0 Å². The van der Waals surface area contributed by atoms with E-state index in [-0.39, 0.29) is 0 Å². The normalized spacial score (nSPS) is 10.6. The van der Waals surface area contributed by atoms with Crippen molar-refractivity contribution in [3.63, 3.8) is 0 Å². The van der Waals surface area contributed by atoms with Gasteiger partial charge in [0.05, 0.1) is 5.39 Å². The van der Waals surface area contributed by atoms with E-state index in [2.05, 4.69) is 32.6 Å². The first-order valence-electron chi connectivity index (χ1n) is 3.00. The number of halogens is 1. The highest BCUT2D eigenvalue weighted by Gasteiger charge is 2.03. The molecule has 0 aliphatic heterocycles. The Morgan fingerprint density at radius 1 is 1.55 bits per heavy atom. The van der Waals surface area contributed by atoms with Crippen LogP contribution in [0.1, 0.15) is 0 Å². The number of hydrogen-bond donors (Lipinski definition) is 1. The van der Waals surface area contributed by atoms with Crippen molar-refractivity contribution in [3.8, 4) is 0 Å². The van der Waals surface area contributed by atoms with E-state index in [0.717, 1.165) is 14.6 Å². The van der Waals surface area contributed by atoms with Gasteiger partial charge in [-0.25, -0.2) is 9.97 Å². The number of hydrogen-bond acceptors (Lipinski definition) is 3. The number of nitrogen functional groups attached to an aromatic ring is 1. The van der Waals surface area contributed by atoms with Crippen molar-refractivity contribution in [1.29, 1.82) is 0 Å². The van der Waals surface area contributed by atoms with Crippen LogP contribution in [-0.4, -0.2) is 14.6 Å². The Morgan fingerprint density at radius 2 is 2.36 bits per heavy atom. The zero-order valence-electron chi connectivity index (χ0n) is 5.53. The van der Waals surface area contributed by atoms with Crippen LogP contribution in [0, 0.1) is 3.57 Å². The molecule has 4 nitrogen and oxygen atoms in total. The van der Waals surface area contributed by atoms with Crippen molar-refractivity contribution in [2.24, 2.45) is 0 Å². The van der Waals surface area contributed by atoms with Gasteiger partial charge in [0, 0.05) is 16.0 Å². The lowest BCUT2D eigenvalue weighted by molar-refractivity contribution is 1.02. The highest BCUT2D eigenvalue weighted by Crippen LogP contribution is 2.17. The molecule has 56 valence electrons. The second-order valence-corrected chi connectivity index (χ2v) is 3.31. The van der Waals surface area contributed by atoms with Crippen LogP contribution >= 0.6 is 22.6 Å². The predicted octanol–water partition coefficient (Wildman–Crippen LogP) is 0.750. The molecule has 0 saturated carbocycles. The maximum Gasteiger partial charge on any atom is 0.162 e. The summed E-state index contributed by atoms with van der Waals surface area (Å²) in [4.78, 5) is 7.93. The predicted molar refractivity (Wildman–Crippen MR) is 50.4 cm³/mol. The van der Waals surface area contributed by atoms with Crippen LogP contribution in [0.4, 0.5) is 0 Å². The van der Waals surface area contributed by atoms with Crippen molar-refractivity contribution < 1.29 is 0 Å². The fourth-order valence-electron chi connectivity index (χ4n) is 0.950. The van der Waals surface area contributed by atoms with Gasteiger partial charge in [0.15, 0.2) is 5.65 Å². The van der Waals surface area contributed by atoms with Crippen molar-refractivity contribution in [2.75, 3.05) is 5.84 Å². The van der Waals surface area contributed by atoms with Gasteiger partial charge in [0.1, 0.15) is 6.33 Å². The highest BCUT2D eigenvalue weighted by molar-refractivity contribution is 14.1. The first-order valence-corrected chi connectivity index (χ1v) is 4.08. The van der Waals surface area contributed by atoms with Gasteiger partial charge in [0.2, 0.25) is 0 Å². The summed E-state index contributed by atoms with van der Waals surface area (Å²) in [5.74, 6) is 5.60. The molecule has 0 amide bonds. The van der Waals surface area contributed by atoms with Crippen LogP contribution in [0.15, 0.2) is 18.7 Å². The molecule has 2 rings (SSSR count). The van der Waals surface area contributed by atoms with Gasteiger partial charge < -0.3 is 5.84 Å². The lowest BCUT2D eigenvalue weighted by Gasteiger charge is -1.90. The van der Waals surface area contributed by atoms with Gasteiger partial charge in [-0.3, -0.25) is 4.68 Å². The summed E-state index contributed by atoms with van der Waals surface area (Å²) in [7, 11) is 0. The molecule has 0 bridgehead atoms. The summed E-state index contributed by atoms with van der Waals surface area (Å²) < 4.78 is 2.57. The molecule has 2 N–H and O–H groups in total. The lowest BCUT2D eigenvalue weighted by atomic mass is 10.4. The van der Waals surface area contributed by atoms with E-state index >= 15 is 0 Å². The topological polar surface area (TPSA) is 56.7 Å². The fourth-order valence-corrected chi connectivity index (χ4v) is 1.63. The van der Waals surface area contributed by atoms with Crippen LogP contribution in [-0.2, 0) is 0 Å². The molecule has 0 aromatic carbocycles. The molecule has 2 heterocycles. The Balaban J connectivity index is 2.95. The third kappa shape index (κ3) is 0.953. The summed E-state index contributed by atoms with van der Waals surface area (Å²) in [6.45, 7) is 0. The van der Waals surface area contributed by atoms with Crippen molar-refractivity contribution in [2.45, 2.75) is 0 Å². The number of aromatic nitrogens is 3. The van der Waals surface area contributed by atoms with Gasteiger partial charge in [-0.2, -0.15) is 0 Å². The van der Waals surface area contributed by atoms with Crippen LogP contribution in [0.25, 0.3) is 11.0 Å². The van der Waals surface area contributed by atoms with Crippen LogP contribution in [0.2, 0.25) is 0 Å². The van der Waals surface area contributed by atoms with Gasteiger partial charge >= 0.3 is 0 Å². The van der Waals surface area contributed by atoms with E-state index in [9.17, 15) is 0 Å². The minimum absolute atomic E-state index is 0.768. The molecule has 0 aliphatic carbocycles. The minimum Gasteiger partial charge on any atom is -0.338 e. The highest BCUT2D eigenvalue weighted by atomic mass is 127. The van der Waals surface area contributed by atoms with E-state index in [0.29, 0.717) is 0 Å². The quantitative estimate of drug-likeness (QED) is 0.561. The molecule has 0 unspecified atom stereocenters. The van der Waals surface area contributed by atoms with E-state index in [1.54, 1.807) is 6.20 Å². The molecule has 2 aromatic rings. The molecular weight excluding hydrogens is 255 g/mol. The Bertz CT molecular complexity index is 358. The Kier molecular flexibility index (Phi) is 1.45. The van der Waals surface area contributed by atoms with Gasteiger partial charge in [-0.05, 0) is 22.6 Å². The second-order valence-electron chi connectivity index (χ2n) is 2.14. The average molecular weight is 260 g/mol. The Hall–Kier alpha value is -0.850. The molecule has 11 heavy (non-hydrogen) atoms. The number of rotatable bonds is 0. The van der Waals surface area contributed by atoms with Crippen LogP contribution < -0.4 is 5.84 Å². The zero-order chi connectivity index (χ0) is 7.84. The molecule has 5 heteroatoms. The van der Waals surface area contributed by atoms with Crippen molar-refractivity contribution in [3.05, 3.63) is 22.3 Å². The monoisotopic (exact) mass is 260 g/mol. The van der Waals surface area contributed by atoms with Gasteiger partial charge in [-0.15, -0.1) is 0 Å². The fraction of sp³-hybridized carbons (Fsp3) is 0. The first-order chi connectivity index (χ1) is 5.29. The third-order valence-electron chi connectivity index (χ3n) is 1.45. The summed E-state index contributed by atoms with van der Waals surface area (Å²) in [5, 5.41) is 0.996. The van der Waals surface area contributed by atoms with Crippen LogP contribution in [0.5, 0.6) is 0 Å². The summed E-state index contributed by atoms with van der Waals surface area (Å²) >= 11 is 2.20. The smallest absolute Gasteiger partial charge is 0.162 e. The summed E-state index contributed by atoms with van der Waals surface area (Å²) in [6, 6.07) is 0. The largest absolute Gasteiger partial charge is 0.338 e. The minimum atomic E-state index is 0.768.